The van der Waals surface area contributed by atoms with E-state index in [-0.39, 0.29) is 16.2 Å². The molecule has 0 aliphatic carbocycles. The van der Waals surface area contributed by atoms with Crippen molar-refractivity contribution in [3.63, 3.8) is 0 Å². The van der Waals surface area contributed by atoms with E-state index in [1.807, 2.05) is 16.3 Å². The molecule has 1 amide bonds. The molecule has 7 nitrogen and oxygen atoms in total. The van der Waals surface area contributed by atoms with Crippen LogP contribution in [0.3, 0.4) is 0 Å². The lowest BCUT2D eigenvalue weighted by Gasteiger charge is -2.11. The second kappa shape index (κ2) is 8.07. The molecule has 2 rings (SSSR count). The van der Waals surface area contributed by atoms with Gasteiger partial charge in [-0.25, -0.2) is 8.42 Å². The van der Waals surface area contributed by atoms with Crippen molar-refractivity contribution >= 4 is 15.9 Å². The van der Waals surface area contributed by atoms with Crippen LogP contribution in [0.15, 0.2) is 53.4 Å². The number of halogens is 3. The summed E-state index contributed by atoms with van der Waals surface area (Å²) in [7, 11) is -4.09. The van der Waals surface area contributed by atoms with Crippen LogP contribution in [0.25, 0.3) is 0 Å². The van der Waals surface area contributed by atoms with Crippen molar-refractivity contribution in [3.05, 3.63) is 59.7 Å². The maximum Gasteiger partial charge on any atom is 0.416 e. The van der Waals surface area contributed by atoms with Gasteiger partial charge in [-0.15, -0.1) is 4.83 Å². The fourth-order valence-electron chi connectivity index (χ4n) is 1.84. The summed E-state index contributed by atoms with van der Waals surface area (Å²) in [5.74, 6) is -1.13. The molecule has 0 aliphatic rings. The minimum atomic E-state index is -4.56. The second-order valence-electron chi connectivity index (χ2n) is 5.10. The van der Waals surface area contributed by atoms with Crippen LogP contribution < -0.4 is 15.0 Å². The Hall–Kier alpha value is -3.10. The summed E-state index contributed by atoms with van der Waals surface area (Å²) in [4.78, 5) is 13.3. The number of sulfonamides is 1. The van der Waals surface area contributed by atoms with Gasteiger partial charge in [-0.2, -0.15) is 18.4 Å². The molecule has 11 heteroatoms. The van der Waals surface area contributed by atoms with Crippen LogP contribution in [0.4, 0.5) is 13.2 Å². The van der Waals surface area contributed by atoms with Crippen LogP contribution in [0, 0.1) is 11.3 Å². The Morgan fingerprint density at radius 2 is 1.81 bits per heavy atom. The summed E-state index contributed by atoms with van der Waals surface area (Å²) in [6.45, 7) is -0.711. The number of amides is 1. The second-order valence-corrected chi connectivity index (χ2v) is 6.79. The summed E-state index contributed by atoms with van der Waals surface area (Å²) in [6, 6.07) is 10.6. The molecule has 27 heavy (non-hydrogen) atoms. The van der Waals surface area contributed by atoms with Crippen molar-refractivity contribution in [1.82, 2.24) is 10.3 Å². The van der Waals surface area contributed by atoms with Crippen molar-refractivity contribution in [3.8, 4) is 11.8 Å². The number of hydrazine groups is 1. The van der Waals surface area contributed by atoms with Gasteiger partial charge >= 0.3 is 6.18 Å². The van der Waals surface area contributed by atoms with Crippen molar-refractivity contribution in [2.45, 2.75) is 11.1 Å². The predicted octanol–water partition coefficient (Wildman–Crippen LogP) is 1.97. The monoisotopic (exact) mass is 399 g/mol. The summed E-state index contributed by atoms with van der Waals surface area (Å²) < 4.78 is 66.7. The Morgan fingerprint density at radius 3 is 2.41 bits per heavy atom. The van der Waals surface area contributed by atoms with Crippen LogP contribution in [-0.4, -0.2) is 20.9 Å². The Morgan fingerprint density at radius 1 is 1.15 bits per heavy atom. The largest absolute Gasteiger partial charge is 0.484 e. The van der Waals surface area contributed by atoms with Gasteiger partial charge in [-0.1, -0.05) is 6.07 Å². The van der Waals surface area contributed by atoms with Gasteiger partial charge in [-0.3, -0.25) is 10.2 Å². The molecular formula is C16H12F3N3O4S. The first-order chi connectivity index (χ1) is 12.6. The van der Waals surface area contributed by atoms with Crippen molar-refractivity contribution in [2.75, 3.05) is 6.61 Å². The van der Waals surface area contributed by atoms with Crippen molar-refractivity contribution in [2.24, 2.45) is 0 Å². The molecular weight excluding hydrogens is 387 g/mol. The van der Waals surface area contributed by atoms with Crippen LogP contribution in [-0.2, 0) is 21.0 Å². The molecule has 0 heterocycles. The van der Waals surface area contributed by atoms with E-state index in [1.165, 1.54) is 30.3 Å². The highest BCUT2D eigenvalue weighted by Gasteiger charge is 2.30. The van der Waals surface area contributed by atoms with Crippen molar-refractivity contribution < 1.29 is 31.1 Å². The first-order valence-electron chi connectivity index (χ1n) is 7.23. The summed E-state index contributed by atoms with van der Waals surface area (Å²) in [5.41, 5.74) is 1.19. The molecule has 0 saturated carbocycles. The fourth-order valence-corrected chi connectivity index (χ4v) is 2.70. The van der Waals surface area contributed by atoms with E-state index in [4.69, 9.17) is 10.00 Å². The van der Waals surface area contributed by atoms with Gasteiger partial charge in [0.25, 0.3) is 15.9 Å². The molecule has 2 aromatic rings. The first-order valence-corrected chi connectivity index (χ1v) is 8.71. The highest BCUT2D eigenvalue weighted by atomic mass is 32.2. The number of rotatable bonds is 6. The summed E-state index contributed by atoms with van der Waals surface area (Å²) in [6.07, 6.45) is -4.56. The van der Waals surface area contributed by atoms with Gasteiger partial charge in [-0.05, 0) is 42.5 Å². The normalized spacial score (nSPS) is 11.5. The average Bonchev–Trinajstić information content (AvgIpc) is 2.64. The minimum Gasteiger partial charge on any atom is -0.484 e. The Balaban J connectivity index is 1.91. The minimum absolute atomic E-state index is 0.194. The molecule has 0 atom stereocenters. The number of hydrogen-bond donors (Lipinski definition) is 2. The molecule has 0 fully saturated rings. The topological polar surface area (TPSA) is 108 Å². The maximum atomic E-state index is 12.6. The Labute approximate surface area is 152 Å². The predicted molar refractivity (Wildman–Crippen MR) is 86.6 cm³/mol. The number of ether oxygens (including phenoxy) is 1. The lowest BCUT2D eigenvalue weighted by Crippen LogP contribution is -2.43. The van der Waals surface area contributed by atoms with E-state index in [1.54, 1.807) is 0 Å². The lowest BCUT2D eigenvalue weighted by atomic mass is 10.2. The van der Waals surface area contributed by atoms with Crippen molar-refractivity contribution in [1.29, 1.82) is 5.26 Å². The molecule has 0 unspecified atom stereocenters. The molecule has 0 aliphatic heterocycles. The zero-order chi connectivity index (χ0) is 20.1. The van der Waals surface area contributed by atoms with Gasteiger partial charge in [0, 0.05) is 0 Å². The fraction of sp³-hybridized carbons (Fsp3) is 0.125. The number of nitrogens with zero attached hydrogens (tertiary/aromatic N) is 1. The molecule has 0 bridgehead atoms. The Kier molecular flexibility index (Phi) is 6.04. The van der Waals surface area contributed by atoms with E-state index in [0.29, 0.717) is 6.07 Å². The van der Waals surface area contributed by atoms with Crippen LogP contribution in [0.5, 0.6) is 5.75 Å². The lowest BCUT2D eigenvalue weighted by molar-refractivity contribution is -0.137. The van der Waals surface area contributed by atoms with E-state index in [0.717, 1.165) is 12.1 Å². The molecule has 0 saturated heterocycles. The third kappa shape index (κ3) is 5.70. The maximum absolute atomic E-state index is 12.6. The zero-order valence-electron chi connectivity index (χ0n) is 13.4. The summed E-state index contributed by atoms with van der Waals surface area (Å²) in [5, 5.41) is 8.67. The highest BCUT2D eigenvalue weighted by molar-refractivity contribution is 7.89. The number of alkyl halides is 3. The van der Waals surface area contributed by atoms with Gasteiger partial charge in [0.05, 0.1) is 22.1 Å². The number of nitrogens with one attached hydrogen (secondary N) is 2. The van der Waals surface area contributed by atoms with E-state index >= 15 is 0 Å². The van der Waals surface area contributed by atoms with Gasteiger partial charge in [0.15, 0.2) is 6.61 Å². The van der Waals surface area contributed by atoms with Crippen LogP contribution in [0.2, 0.25) is 0 Å². The Bertz CT molecular complexity index is 968. The van der Waals surface area contributed by atoms with E-state index in [2.05, 4.69) is 0 Å². The average molecular weight is 399 g/mol. The van der Waals surface area contributed by atoms with Crippen LogP contribution >= 0.6 is 0 Å². The van der Waals surface area contributed by atoms with E-state index < -0.39 is 34.3 Å². The molecule has 0 aromatic heterocycles. The number of carbonyl (C=O) groups excluding carboxylic acids is 1. The molecule has 0 spiro atoms. The molecule has 0 radical (unpaired) electrons. The molecule has 142 valence electrons. The van der Waals surface area contributed by atoms with E-state index in [9.17, 15) is 26.4 Å². The quantitative estimate of drug-likeness (QED) is 0.722. The highest BCUT2D eigenvalue weighted by Crippen LogP contribution is 2.31. The molecule has 2 aromatic carbocycles. The summed E-state index contributed by atoms with van der Waals surface area (Å²) >= 11 is 0. The number of benzene rings is 2. The third-order valence-corrected chi connectivity index (χ3v) is 4.41. The first kappa shape index (κ1) is 20.2. The number of carbonyl (C=O) groups is 1. The SMILES string of the molecule is N#Cc1ccc(S(=O)(=O)NNC(=O)COc2cccc(C(F)(F)F)c2)cc1. The number of hydrogen-bond acceptors (Lipinski definition) is 5. The number of nitriles is 1. The van der Waals surface area contributed by atoms with Gasteiger partial charge in [0.2, 0.25) is 0 Å². The standard InChI is InChI=1S/C16H12F3N3O4S/c17-16(18,19)12-2-1-3-13(8-12)26-10-15(23)21-22-27(24,25)14-6-4-11(9-20)5-7-14/h1-8,22H,10H2,(H,21,23). The van der Waals surface area contributed by atoms with Gasteiger partial charge in [0.1, 0.15) is 5.75 Å². The molecule has 2 N–H and O–H groups in total. The zero-order valence-corrected chi connectivity index (χ0v) is 14.3. The van der Waals surface area contributed by atoms with Gasteiger partial charge < -0.3 is 4.74 Å². The van der Waals surface area contributed by atoms with Crippen LogP contribution in [0.1, 0.15) is 11.1 Å². The third-order valence-electron chi connectivity index (χ3n) is 3.15. The smallest absolute Gasteiger partial charge is 0.416 e.